The summed E-state index contributed by atoms with van der Waals surface area (Å²) in [5.74, 6) is 2.20. The predicted octanol–water partition coefficient (Wildman–Crippen LogP) is 3.73. The quantitative estimate of drug-likeness (QED) is 0.824. The van der Waals surface area contributed by atoms with E-state index in [-0.39, 0.29) is 0 Å². The fourth-order valence-corrected chi connectivity index (χ4v) is 2.66. The number of aromatic nitrogens is 1. The summed E-state index contributed by atoms with van der Waals surface area (Å²) in [7, 11) is 2.13. The summed E-state index contributed by atoms with van der Waals surface area (Å²) in [6.07, 6.45) is 5.18. The highest BCUT2D eigenvalue weighted by molar-refractivity contribution is 9.10. The molecule has 0 radical (unpaired) electrons. The first-order valence-electron chi connectivity index (χ1n) is 5.44. The maximum absolute atomic E-state index is 4.46. The van der Waals surface area contributed by atoms with E-state index < -0.39 is 0 Å². The predicted molar refractivity (Wildman–Crippen MR) is 77.5 cm³/mol. The van der Waals surface area contributed by atoms with E-state index in [0.29, 0.717) is 6.04 Å². The van der Waals surface area contributed by atoms with Crippen LogP contribution in [0.2, 0.25) is 0 Å². The molecule has 0 saturated carbocycles. The SMILES string of the molecule is CCC(CSC)N(C)c1cc(C)c(Br)cn1. The Kier molecular flexibility index (Phi) is 5.62. The van der Waals surface area contributed by atoms with E-state index in [0.717, 1.165) is 22.5 Å². The lowest BCUT2D eigenvalue weighted by Gasteiger charge is -2.28. The number of thioether (sulfide) groups is 1. The molecule has 16 heavy (non-hydrogen) atoms. The molecule has 0 aliphatic heterocycles. The molecule has 90 valence electrons. The van der Waals surface area contributed by atoms with E-state index in [4.69, 9.17) is 0 Å². The van der Waals surface area contributed by atoms with Crippen LogP contribution >= 0.6 is 27.7 Å². The third-order valence-corrected chi connectivity index (χ3v) is 4.32. The first-order valence-corrected chi connectivity index (χ1v) is 7.62. The average Bonchev–Trinajstić information content (AvgIpc) is 2.28. The van der Waals surface area contributed by atoms with Crippen molar-refractivity contribution in [2.75, 3.05) is 24.0 Å². The van der Waals surface area contributed by atoms with Gasteiger partial charge >= 0.3 is 0 Å². The highest BCUT2D eigenvalue weighted by atomic mass is 79.9. The second kappa shape index (κ2) is 6.50. The molecule has 1 aromatic rings. The van der Waals surface area contributed by atoms with Crippen molar-refractivity contribution in [1.82, 2.24) is 4.98 Å². The summed E-state index contributed by atoms with van der Waals surface area (Å²) in [5, 5.41) is 0. The summed E-state index contributed by atoms with van der Waals surface area (Å²) in [5.41, 5.74) is 1.23. The van der Waals surface area contributed by atoms with Crippen molar-refractivity contribution < 1.29 is 0 Å². The number of aryl methyl sites for hydroxylation is 1. The Hall–Kier alpha value is -0.220. The van der Waals surface area contributed by atoms with Gasteiger partial charge in [-0.15, -0.1) is 0 Å². The van der Waals surface area contributed by atoms with Crippen LogP contribution < -0.4 is 4.90 Å². The Morgan fingerprint density at radius 1 is 1.56 bits per heavy atom. The van der Waals surface area contributed by atoms with Gasteiger partial charge in [0.1, 0.15) is 5.82 Å². The lowest BCUT2D eigenvalue weighted by Crippen LogP contribution is -2.33. The van der Waals surface area contributed by atoms with Crippen molar-refractivity contribution in [3.63, 3.8) is 0 Å². The molecule has 0 spiro atoms. The standard InChI is InChI=1S/C12H19BrN2S/c1-5-10(8-16-4)15(3)12-6-9(2)11(13)7-14-12/h6-7,10H,5,8H2,1-4H3. The fraction of sp³-hybridized carbons (Fsp3) is 0.583. The number of rotatable bonds is 5. The zero-order chi connectivity index (χ0) is 12.1. The van der Waals surface area contributed by atoms with Crippen LogP contribution in [-0.4, -0.2) is 30.1 Å². The van der Waals surface area contributed by atoms with Crippen molar-refractivity contribution in [3.8, 4) is 0 Å². The number of anilines is 1. The van der Waals surface area contributed by atoms with Gasteiger partial charge in [-0.05, 0) is 47.2 Å². The molecule has 4 heteroatoms. The number of hydrogen-bond donors (Lipinski definition) is 0. The van der Waals surface area contributed by atoms with E-state index in [2.05, 4.69) is 59.0 Å². The van der Waals surface area contributed by atoms with Crippen molar-refractivity contribution in [2.24, 2.45) is 0 Å². The van der Waals surface area contributed by atoms with Gasteiger partial charge in [-0.25, -0.2) is 4.98 Å². The van der Waals surface area contributed by atoms with Gasteiger partial charge in [0.15, 0.2) is 0 Å². The van der Waals surface area contributed by atoms with Gasteiger partial charge in [0, 0.05) is 29.5 Å². The Bertz CT molecular complexity index is 344. The summed E-state index contributed by atoms with van der Waals surface area (Å²) in [6, 6.07) is 2.69. The third-order valence-electron chi connectivity index (χ3n) is 2.77. The van der Waals surface area contributed by atoms with Crippen molar-refractivity contribution in [2.45, 2.75) is 26.3 Å². The minimum Gasteiger partial charge on any atom is -0.356 e. The van der Waals surface area contributed by atoms with Crippen molar-refractivity contribution in [1.29, 1.82) is 0 Å². The van der Waals surface area contributed by atoms with Gasteiger partial charge in [-0.2, -0.15) is 11.8 Å². The van der Waals surface area contributed by atoms with E-state index in [1.165, 1.54) is 5.56 Å². The summed E-state index contributed by atoms with van der Waals surface area (Å²) >= 11 is 5.36. The van der Waals surface area contributed by atoms with E-state index >= 15 is 0 Å². The van der Waals surface area contributed by atoms with Crippen LogP contribution in [0.4, 0.5) is 5.82 Å². The normalized spacial score (nSPS) is 12.6. The molecule has 0 aliphatic rings. The van der Waals surface area contributed by atoms with Gasteiger partial charge in [-0.1, -0.05) is 6.92 Å². The van der Waals surface area contributed by atoms with E-state index in [9.17, 15) is 0 Å². The molecule has 0 aliphatic carbocycles. The molecule has 1 heterocycles. The molecule has 0 saturated heterocycles. The zero-order valence-electron chi connectivity index (χ0n) is 10.3. The molecule has 0 fully saturated rings. The van der Waals surface area contributed by atoms with Crippen molar-refractivity contribution >= 4 is 33.5 Å². The highest BCUT2D eigenvalue weighted by Crippen LogP contribution is 2.22. The second-order valence-corrected chi connectivity index (χ2v) is 5.69. The molecule has 0 bridgehead atoms. The van der Waals surface area contributed by atoms with Gasteiger partial charge in [0.2, 0.25) is 0 Å². The molecule has 0 amide bonds. The second-order valence-electron chi connectivity index (χ2n) is 3.92. The Morgan fingerprint density at radius 3 is 2.75 bits per heavy atom. The van der Waals surface area contributed by atoms with Gasteiger partial charge in [-0.3, -0.25) is 0 Å². The Morgan fingerprint density at radius 2 is 2.25 bits per heavy atom. The van der Waals surface area contributed by atoms with Crippen LogP contribution in [0.3, 0.4) is 0 Å². The summed E-state index contributed by atoms with van der Waals surface area (Å²) < 4.78 is 1.07. The van der Waals surface area contributed by atoms with Crippen LogP contribution in [-0.2, 0) is 0 Å². The summed E-state index contributed by atoms with van der Waals surface area (Å²) in [6.45, 7) is 4.32. The molecule has 2 nitrogen and oxygen atoms in total. The maximum atomic E-state index is 4.46. The molecule has 1 aromatic heterocycles. The minimum atomic E-state index is 0.558. The van der Waals surface area contributed by atoms with Crippen LogP contribution in [0.5, 0.6) is 0 Å². The van der Waals surface area contributed by atoms with Crippen LogP contribution in [0.1, 0.15) is 18.9 Å². The van der Waals surface area contributed by atoms with Crippen molar-refractivity contribution in [3.05, 3.63) is 22.3 Å². The topological polar surface area (TPSA) is 16.1 Å². The Labute approximate surface area is 111 Å². The highest BCUT2D eigenvalue weighted by Gasteiger charge is 2.14. The zero-order valence-corrected chi connectivity index (χ0v) is 12.7. The molecule has 1 unspecified atom stereocenters. The lowest BCUT2D eigenvalue weighted by molar-refractivity contribution is 0.665. The number of pyridine rings is 1. The maximum Gasteiger partial charge on any atom is 0.128 e. The van der Waals surface area contributed by atoms with E-state index in [1.54, 1.807) is 0 Å². The number of hydrogen-bond acceptors (Lipinski definition) is 3. The molecular weight excluding hydrogens is 284 g/mol. The van der Waals surface area contributed by atoms with Gasteiger partial charge < -0.3 is 4.90 Å². The van der Waals surface area contributed by atoms with Gasteiger partial charge in [0.05, 0.1) is 0 Å². The van der Waals surface area contributed by atoms with Gasteiger partial charge in [0.25, 0.3) is 0 Å². The Balaban J connectivity index is 2.85. The summed E-state index contributed by atoms with van der Waals surface area (Å²) in [4.78, 5) is 6.73. The molecular formula is C12H19BrN2S. The van der Waals surface area contributed by atoms with Crippen LogP contribution in [0, 0.1) is 6.92 Å². The molecule has 1 rings (SSSR count). The first-order chi connectivity index (χ1) is 7.60. The molecule has 1 atom stereocenters. The van der Waals surface area contributed by atoms with E-state index in [1.807, 2.05) is 18.0 Å². The largest absolute Gasteiger partial charge is 0.356 e. The van der Waals surface area contributed by atoms with Crippen LogP contribution in [0.15, 0.2) is 16.7 Å². The monoisotopic (exact) mass is 302 g/mol. The molecule has 0 N–H and O–H groups in total. The number of halogens is 1. The number of nitrogens with zero attached hydrogens (tertiary/aromatic N) is 2. The lowest BCUT2D eigenvalue weighted by atomic mass is 10.2. The smallest absolute Gasteiger partial charge is 0.128 e. The fourth-order valence-electron chi connectivity index (χ4n) is 1.60. The molecule has 0 aromatic carbocycles. The average molecular weight is 303 g/mol. The first kappa shape index (κ1) is 13.8. The minimum absolute atomic E-state index is 0.558. The third kappa shape index (κ3) is 3.39. The van der Waals surface area contributed by atoms with Crippen LogP contribution in [0.25, 0.3) is 0 Å².